The predicted octanol–water partition coefficient (Wildman–Crippen LogP) is 1.70. The summed E-state index contributed by atoms with van der Waals surface area (Å²) in [5.74, 6) is 0. The molecule has 1 aromatic rings. The maximum atomic E-state index is 3.37. The average Bonchev–Trinajstić information content (AvgIpc) is 2.19. The lowest BCUT2D eigenvalue weighted by Crippen LogP contribution is -2.42. The van der Waals surface area contributed by atoms with Crippen LogP contribution in [0.25, 0.3) is 0 Å². The van der Waals surface area contributed by atoms with E-state index < -0.39 is 0 Å². The first kappa shape index (κ1) is 10.4. The second-order valence-electron chi connectivity index (χ2n) is 3.66. The van der Waals surface area contributed by atoms with Crippen LogP contribution in [0.15, 0.2) is 24.3 Å². The molecule has 1 aliphatic heterocycles. The summed E-state index contributed by atoms with van der Waals surface area (Å²) in [6.07, 6.45) is 0. The Bertz CT molecular complexity index is 295. The standard InChI is InChI=1S/C11H15IN2/c12-11-3-1-2-10(8-11)9-14-6-4-13-5-7-14/h1-3,8,13H,4-7,9H2. The van der Waals surface area contributed by atoms with Crippen molar-refractivity contribution in [2.75, 3.05) is 26.2 Å². The number of benzene rings is 1. The van der Waals surface area contributed by atoms with Gasteiger partial charge in [0.2, 0.25) is 0 Å². The normalized spacial score (nSPS) is 18.4. The second-order valence-corrected chi connectivity index (χ2v) is 4.90. The van der Waals surface area contributed by atoms with Gasteiger partial charge in [-0.05, 0) is 40.3 Å². The van der Waals surface area contributed by atoms with Crippen molar-refractivity contribution in [2.24, 2.45) is 0 Å². The van der Waals surface area contributed by atoms with Gasteiger partial charge in [0.05, 0.1) is 0 Å². The molecular weight excluding hydrogens is 287 g/mol. The molecule has 3 heteroatoms. The van der Waals surface area contributed by atoms with E-state index in [2.05, 4.69) is 57.1 Å². The van der Waals surface area contributed by atoms with E-state index in [1.165, 1.54) is 22.2 Å². The van der Waals surface area contributed by atoms with E-state index in [1.807, 2.05) is 0 Å². The van der Waals surface area contributed by atoms with E-state index in [9.17, 15) is 0 Å². The van der Waals surface area contributed by atoms with Crippen LogP contribution in [0.1, 0.15) is 5.56 Å². The molecule has 76 valence electrons. The topological polar surface area (TPSA) is 15.3 Å². The van der Waals surface area contributed by atoms with Crippen LogP contribution < -0.4 is 5.32 Å². The van der Waals surface area contributed by atoms with Gasteiger partial charge in [-0.3, -0.25) is 4.90 Å². The van der Waals surface area contributed by atoms with Crippen molar-refractivity contribution in [3.05, 3.63) is 33.4 Å². The van der Waals surface area contributed by atoms with E-state index in [1.54, 1.807) is 0 Å². The molecule has 0 aliphatic carbocycles. The number of rotatable bonds is 2. The first-order valence-electron chi connectivity index (χ1n) is 5.02. The molecule has 1 aromatic carbocycles. The highest BCUT2D eigenvalue weighted by Gasteiger charge is 2.09. The van der Waals surface area contributed by atoms with Crippen molar-refractivity contribution >= 4 is 22.6 Å². The molecule has 1 saturated heterocycles. The van der Waals surface area contributed by atoms with Crippen LogP contribution in [0.4, 0.5) is 0 Å². The van der Waals surface area contributed by atoms with Gasteiger partial charge in [-0.15, -0.1) is 0 Å². The predicted molar refractivity (Wildman–Crippen MR) is 67.3 cm³/mol. The Morgan fingerprint density at radius 3 is 2.79 bits per heavy atom. The van der Waals surface area contributed by atoms with Crippen LogP contribution in [0.3, 0.4) is 0 Å². The maximum absolute atomic E-state index is 3.37. The number of halogens is 1. The van der Waals surface area contributed by atoms with Crippen molar-refractivity contribution in [2.45, 2.75) is 6.54 Å². The first-order valence-corrected chi connectivity index (χ1v) is 6.10. The minimum atomic E-state index is 1.10. The van der Waals surface area contributed by atoms with E-state index in [0.29, 0.717) is 0 Å². The first-order chi connectivity index (χ1) is 6.84. The van der Waals surface area contributed by atoms with Crippen LogP contribution in [0.2, 0.25) is 0 Å². The van der Waals surface area contributed by atoms with Gasteiger partial charge in [0.1, 0.15) is 0 Å². The summed E-state index contributed by atoms with van der Waals surface area (Å²) in [4.78, 5) is 2.50. The van der Waals surface area contributed by atoms with Crippen LogP contribution in [-0.4, -0.2) is 31.1 Å². The Morgan fingerprint density at radius 1 is 1.29 bits per heavy atom. The Morgan fingerprint density at radius 2 is 2.07 bits per heavy atom. The van der Waals surface area contributed by atoms with E-state index >= 15 is 0 Å². The molecule has 0 unspecified atom stereocenters. The van der Waals surface area contributed by atoms with Gasteiger partial charge in [-0.1, -0.05) is 12.1 Å². The molecule has 14 heavy (non-hydrogen) atoms. The van der Waals surface area contributed by atoms with Crippen LogP contribution in [0.5, 0.6) is 0 Å². The summed E-state index contributed by atoms with van der Waals surface area (Å²) in [7, 11) is 0. The Balaban J connectivity index is 1.95. The minimum Gasteiger partial charge on any atom is -0.314 e. The molecule has 0 bridgehead atoms. The van der Waals surface area contributed by atoms with Crippen LogP contribution in [0, 0.1) is 3.57 Å². The van der Waals surface area contributed by atoms with E-state index in [0.717, 1.165) is 19.6 Å². The summed E-state index contributed by atoms with van der Waals surface area (Å²) >= 11 is 2.37. The molecule has 0 radical (unpaired) electrons. The lowest BCUT2D eigenvalue weighted by atomic mass is 10.2. The van der Waals surface area contributed by atoms with Gasteiger partial charge >= 0.3 is 0 Å². The molecule has 0 amide bonds. The zero-order chi connectivity index (χ0) is 9.80. The summed E-state index contributed by atoms with van der Waals surface area (Å²) in [5, 5.41) is 3.37. The third-order valence-corrected chi connectivity index (χ3v) is 3.18. The molecule has 1 aliphatic rings. The zero-order valence-electron chi connectivity index (χ0n) is 8.17. The molecule has 1 heterocycles. The minimum absolute atomic E-state index is 1.10. The second kappa shape index (κ2) is 5.09. The van der Waals surface area contributed by atoms with Gasteiger partial charge in [0, 0.05) is 36.3 Å². The molecular formula is C11H15IN2. The highest BCUT2D eigenvalue weighted by atomic mass is 127. The van der Waals surface area contributed by atoms with Gasteiger partial charge in [-0.2, -0.15) is 0 Å². The van der Waals surface area contributed by atoms with Gasteiger partial charge in [0.15, 0.2) is 0 Å². The summed E-state index contributed by atoms with van der Waals surface area (Å²) in [6, 6.07) is 8.76. The number of piperazine rings is 1. The Hall–Kier alpha value is -0.130. The SMILES string of the molecule is Ic1cccc(CN2CCNCC2)c1. The molecule has 1 N–H and O–H groups in total. The number of nitrogens with one attached hydrogen (secondary N) is 1. The molecule has 2 rings (SSSR count). The quantitative estimate of drug-likeness (QED) is 0.837. The van der Waals surface area contributed by atoms with Gasteiger partial charge < -0.3 is 5.32 Å². The molecule has 0 atom stereocenters. The lowest BCUT2D eigenvalue weighted by molar-refractivity contribution is 0.233. The smallest absolute Gasteiger partial charge is 0.0235 e. The van der Waals surface area contributed by atoms with E-state index in [4.69, 9.17) is 0 Å². The van der Waals surface area contributed by atoms with Crippen molar-refractivity contribution in [3.8, 4) is 0 Å². The van der Waals surface area contributed by atoms with Gasteiger partial charge in [-0.25, -0.2) is 0 Å². The summed E-state index contributed by atoms with van der Waals surface area (Å²) in [6.45, 7) is 5.70. The van der Waals surface area contributed by atoms with Crippen molar-refractivity contribution in [3.63, 3.8) is 0 Å². The van der Waals surface area contributed by atoms with Crippen LogP contribution in [-0.2, 0) is 6.54 Å². The largest absolute Gasteiger partial charge is 0.314 e. The third-order valence-electron chi connectivity index (χ3n) is 2.50. The molecule has 0 spiro atoms. The summed E-state index contributed by atoms with van der Waals surface area (Å²) < 4.78 is 1.33. The third kappa shape index (κ3) is 2.93. The lowest BCUT2D eigenvalue weighted by Gasteiger charge is -2.27. The number of nitrogens with zero attached hydrogens (tertiary/aromatic N) is 1. The highest BCUT2D eigenvalue weighted by molar-refractivity contribution is 14.1. The molecule has 0 saturated carbocycles. The van der Waals surface area contributed by atoms with Crippen LogP contribution >= 0.6 is 22.6 Å². The number of hydrogen-bond donors (Lipinski definition) is 1. The average molecular weight is 302 g/mol. The molecule has 0 aromatic heterocycles. The maximum Gasteiger partial charge on any atom is 0.0235 e. The highest BCUT2D eigenvalue weighted by Crippen LogP contribution is 2.10. The van der Waals surface area contributed by atoms with Gasteiger partial charge in [0.25, 0.3) is 0 Å². The van der Waals surface area contributed by atoms with Crippen molar-refractivity contribution in [1.29, 1.82) is 0 Å². The summed E-state index contributed by atoms with van der Waals surface area (Å²) in [5.41, 5.74) is 1.43. The van der Waals surface area contributed by atoms with E-state index in [-0.39, 0.29) is 0 Å². The Kier molecular flexibility index (Phi) is 3.78. The zero-order valence-corrected chi connectivity index (χ0v) is 10.3. The fraction of sp³-hybridized carbons (Fsp3) is 0.455. The number of hydrogen-bond acceptors (Lipinski definition) is 2. The monoisotopic (exact) mass is 302 g/mol. The fourth-order valence-corrected chi connectivity index (χ4v) is 2.37. The van der Waals surface area contributed by atoms with Crippen molar-refractivity contribution in [1.82, 2.24) is 10.2 Å². The molecule has 1 fully saturated rings. The van der Waals surface area contributed by atoms with Crippen molar-refractivity contribution < 1.29 is 0 Å². The Labute approximate surface area is 98.8 Å². The molecule has 2 nitrogen and oxygen atoms in total. The fourth-order valence-electron chi connectivity index (χ4n) is 1.76.